The van der Waals surface area contributed by atoms with Crippen LogP contribution in [0.1, 0.15) is 0 Å². The van der Waals surface area contributed by atoms with Gasteiger partial charge in [-0.2, -0.15) is 0 Å². The predicted octanol–water partition coefficient (Wildman–Crippen LogP) is 0.858. The average Bonchev–Trinajstić information content (AvgIpc) is 1.25. The molecule has 13 heteroatoms. The Kier molecular flexibility index (Phi) is 29.9. The van der Waals surface area contributed by atoms with Crippen LogP contribution in [0.5, 0.6) is 0 Å². The van der Waals surface area contributed by atoms with Gasteiger partial charge in [-0.1, -0.05) is 0 Å². The van der Waals surface area contributed by atoms with Gasteiger partial charge in [0.05, 0.1) is 0 Å². The summed E-state index contributed by atoms with van der Waals surface area (Å²) in [7, 11) is -11.3. The van der Waals surface area contributed by atoms with E-state index in [1.807, 2.05) is 0 Å². The topological polar surface area (TPSA) is 248 Å². The first-order chi connectivity index (χ1) is 3.25. The molecule has 13 heavy (non-hydrogen) atoms. The summed E-state index contributed by atoms with van der Waals surface area (Å²) in [5.41, 5.74) is 0. The molecule has 0 amide bonds. The van der Waals surface area contributed by atoms with Crippen LogP contribution in [0.2, 0.25) is 0 Å². The fourth-order valence-corrected chi connectivity index (χ4v) is 0. The summed E-state index contributed by atoms with van der Waals surface area (Å²) in [6.07, 6.45) is 0. The second-order valence-corrected chi connectivity index (χ2v) is 4.90. The van der Waals surface area contributed by atoms with Gasteiger partial charge in [-0.25, -0.2) is 16.8 Å². The van der Waals surface area contributed by atoms with E-state index in [2.05, 4.69) is 0 Å². The van der Waals surface area contributed by atoms with Crippen LogP contribution in [0.25, 0.3) is 24.6 Å². The van der Waals surface area contributed by atoms with Crippen molar-refractivity contribution in [1.82, 2.24) is 0 Å². The van der Waals surface area contributed by atoms with Crippen LogP contribution >= 0.6 is 0 Å². The molecule has 0 fully saturated rings. The maximum atomic E-state index is 9.20. The molecule has 0 unspecified atom stereocenters. The predicted molar refractivity (Wildman–Crippen MR) is 40.5 cm³/mol. The molecule has 0 bridgehead atoms. The molecule has 0 saturated carbocycles. The number of nitrogens with two attached hydrogens (primary N) is 4. The second-order valence-electron chi connectivity index (χ2n) is 0.816. The van der Waals surface area contributed by atoms with Crippen LogP contribution in [0.3, 0.4) is 0 Å². The molecule has 91 valence electrons. The summed E-state index contributed by atoms with van der Waals surface area (Å²) in [4.78, 5) is 0. The Morgan fingerprint density at radius 1 is 0.615 bits per heavy atom. The summed E-state index contributed by atoms with van der Waals surface area (Å²) >= 11 is 0. The average molecular weight is 288 g/mol. The van der Waals surface area contributed by atoms with Crippen molar-refractivity contribution in [2.45, 2.75) is 0 Å². The zero-order valence-corrected chi connectivity index (χ0v) is 8.45. The van der Waals surface area contributed by atoms with E-state index in [1.54, 1.807) is 0 Å². The third-order valence-electron chi connectivity index (χ3n) is 0.250. The van der Waals surface area contributed by atoms with Crippen molar-refractivity contribution in [1.29, 1.82) is 0 Å². The fraction of sp³-hybridized carbons (Fsp3) is 0. The first-order valence-corrected chi connectivity index (χ1v) is 4.50. The van der Waals surface area contributed by atoms with Gasteiger partial charge in [0.1, 0.15) is 0 Å². The Hall–Kier alpha value is 0.179. The minimum Gasteiger partial charge on any atom is -0.736 e. The van der Waals surface area contributed by atoms with Gasteiger partial charge in [0.2, 0.25) is 0 Å². The van der Waals surface area contributed by atoms with Crippen LogP contribution < -0.4 is 0 Å². The van der Waals surface area contributed by atoms with Crippen molar-refractivity contribution in [2.24, 2.45) is 0 Å². The molecule has 0 atom stereocenters. The normalized spacial score (nSPS) is 8.46. The summed E-state index contributed by atoms with van der Waals surface area (Å²) in [6, 6.07) is 0. The SMILES string of the molecule is O=S(=O)([O-])S(=O)(=O)[O-].[Cu+2].[NH2-].[NH2-].[NH2-].[NH2-]. The summed E-state index contributed by atoms with van der Waals surface area (Å²) in [6.45, 7) is 0. The van der Waals surface area contributed by atoms with Crippen molar-refractivity contribution in [2.75, 3.05) is 0 Å². The molecule has 0 heterocycles. The Morgan fingerprint density at radius 3 is 0.692 bits per heavy atom. The van der Waals surface area contributed by atoms with E-state index in [-0.39, 0.29) is 41.7 Å². The third kappa shape index (κ3) is 15.0. The number of hydrogen-bond acceptors (Lipinski definition) is 6. The minimum absolute atomic E-state index is 0. The Bertz CT molecular complexity index is 235. The van der Waals surface area contributed by atoms with Crippen molar-refractivity contribution >= 4 is 18.3 Å². The molecule has 0 aromatic rings. The molecular formula is H8CuN4O6S2-4. The first-order valence-electron chi connectivity index (χ1n) is 1.17. The Labute approximate surface area is 86.2 Å². The molecule has 0 aromatic heterocycles. The molecule has 0 aliphatic carbocycles. The Morgan fingerprint density at radius 2 is 0.692 bits per heavy atom. The van der Waals surface area contributed by atoms with Gasteiger partial charge in [0, 0.05) is 0 Å². The summed E-state index contributed by atoms with van der Waals surface area (Å²) < 4.78 is 55.2. The van der Waals surface area contributed by atoms with E-state index in [1.165, 1.54) is 0 Å². The minimum atomic E-state index is -5.67. The largest absolute Gasteiger partial charge is 2.00 e. The number of hydrogen-bond donors (Lipinski definition) is 0. The molecule has 0 aliphatic heterocycles. The van der Waals surface area contributed by atoms with Gasteiger partial charge in [-0.3, -0.25) is 0 Å². The maximum Gasteiger partial charge on any atom is 2.00 e. The van der Waals surface area contributed by atoms with Gasteiger partial charge < -0.3 is 33.7 Å². The van der Waals surface area contributed by atoms with Crippen molar-refractivity contribution in [3.05, 3.63) is 24.6 Å². The Balaban J connectivity index is -0.0000000245. The fourth-order valence-electron chi connectivity index (χ4n) is 0. The molecule has 10 nitrogen and oxygen atoms in total. The summed E-state index contributed by atoms with van der Waals surface area (Å²) in [5, 5.41) is 0. The van der Waals surface area contributed by atoms with Crippen LogP contribution in [0.15, 0.2) is 0 Å². The van der Waals surface area contributed by atoms with Gasteiger partial charge >= 0.3 is 17.1 Å². The van der Waals surface area contributed by atoms with Crippen LogP contribution in [-0.2, 0) is 35.4 Å². The van der Waals surface area contributed by atoms with E-state index < -0.39 is 18.3 Å². The van der Waals surface area contributed by atoms with Crippen LogP contribution in [0.4, 0.5) is 0 Å². The maximum absolute atomic E-state index is 9.20. The van der Waals surface area contributed by atoms with Gasteiger partial charge in [-0.15, -0.1) is 0 Å². The van der Waals surface area contributed by atoms with E-state index in [9.17, 15) is 25.9 Å². The van der Waals surface area contributed by atoms with Crippen molar-refractivity contribution < 1.29 is 43.0 Å². The smallest absolute Gasteiger partial charge is 0.736 e. The molecular weight excluding hydrogens is 280 g/mol. The van der Waals surface area contributed by atoms with E-state index in [4.69, 9.17) is 0 Å². The standard InChI is InChI=1S/Cu.4H2N.H2O6S2/c;;;;;1-7(2,3)8(4,5)6/h;4*1H2;(H,1,2,3)(H,4,5,6)/q+2;4*-1;/p-2. The van der Waals surface area contributed by atoms with Gasteiger partial charge in [0.25, 0.3) is 0 Å². The van der Waals surface area contributed by atoms with Gasteiger partial charge in [0.15, 0.2) is 18.3 Å². The quantitative estimate of drug-likeness (QED) is 0.383. The van der Waals surface area contributed by atoms with Gasteiger partial charge in [-0.05, 0) is 0 Å². The second kappa shape index (κ2) is 10.3. The molecule has 0 rings (SSSR count). The molecule has 0 spiro atoms. The molecule has 0 saturated heterocycles. The third-order valence-corrected chi connectivity index (χ3v) is 2.25. The van der Waals surface area contributed by atoms with Crippen LogP contribution in [0, 0.1) is 0 Å². The molecule has 0 aliphatic rings. The zero-order chi connectivity index (χ0) is 7.00. The van der Waals surface area contributed by atoms with E-state index >= 15 is 0 Å². The zero-order valence-electron chi connectivity index (χ0n) is 5.88. The van der Waals surface area contributed by atoms with E-state index in [0.29, 0.717) is 0 Å². The van der Waals surface area contributed by atoms with Crippen LogP contribution in [-0.4, -0.2) is 25.9 Å². The monoisotopic (exact) mass is 287 g/mol. The first kappa shape index (κ1) is 37.9. The van der Waals surface area contributed by atoms with E-state index in [0.717, 1.165) is 0 Å². The number of rotatable bonds is 1. The van der Waals surface area contributed by atoms with Crippen molar-refractivity contribution in [3.8, 4) is 0 Å². The van der Waals surface area contributed by atoms with Crippen molar-refractivity contribution in [3.63, 3.8) is 0 Å². The molecule has 1 radical (unpaired) electrons. The summed E-state index contributed by atoms with van der Waals surface area (Å²) in [5.74, 6) is 0. The molecule has 0 aromatic carbocycles. The molecule has 8 N–H and O–H groups in total.